The molecule has 1 aromatic heterocycles. The highest BCUT2D eigenvalue weighted by atomic mass is 14.9. The van der Waals surface area contributed by atoms with E-state index in [4.69, 9.17) is 0 Å². The largest absolute Gasteiger partial charge is 0.377 e. The van der Waals surface area contributed by atoms with Crippen molar-refractivity contribution in [1.29, 1.82) is 0 Å². The van der Waals surface area contributed by atoms with Crippen molar-refractivity contribution in [2.24, 2.45) is 0 Å². The van der Waals surface area contributed by atoms with Gasteiger partial charge in [0.05, 0.1) is 11.4 Å². The summed E-state index contributed by atoms with van der Waals surface area (Å²) in [6, 6.07) is 13.4. The first kappa shape index (κ1) is 15.6. The van der Waals surface area contributed by atoms with Crippen LogP contribution in [0, 0.1) is 13.8 Å². The number of pyridine rings is 1. The van der Waals surface area contributed by atoms with Gasteiger partial charge in [-0.05, 0) is 56.9 Å². The maximum Gasteiger partial charge on any atom is 0.0607 e. The molecule has 0 bridgehead atoms. The van der Waals surface area contributed by atoms with Crippen molar-refractivity contribution in [1.82, 2.24) is 4.98 Å². The smallest absolute Gasteiger partial charge is 0.0607 e. The van der Waals surface area contributed by atoms with E-state index in [2.05, 4.69) is 67.5 Å². The van der Waals surface area contributed by atoms with Gasteiger partial charge in [-0.1, -0.05) is 37.6 Å². The molecule has 21 heavy (non-hydrogen) atoms. The second-order valence-electron chi connectivity index (χ2n) is 5.80. The molecule has 2 nitrogen and oxygen atoms in total. The molecule has 0 aliphatic carbocycles. The zero-order chi connectivity index (χ0) is 15.2. The van der Waals surface area contributed by atoms with Crippen LogP contribution in [-0.4, -0.2) is 4.98 Å². The Morgan fingerprint density at radius 3 is 2.38 bits per heavy atom. The minimum atomic E-state index is 0.286. The van der Waals surface area contributed by atoms with E-state index in [0.29, 0.717) is 0 Å². The Morgan fingerprint density at radius 1 is 1.05 bits per heavy atom. The molecule has 1 atom stereocenters. The van der Waals surface area contributed by atoms with Crippen molar-refractivity contribution in [2.75, 3.05) is 5.32 Å². The number of aromatic nitrogens is 1. The highest BCUT2D eigenvalue weighted by molar-refractivity contribution is 5.49. The Balaban J connectivity index is 2.04. The lowest BCUT2D eigenvalue weighted by molar-refractivity contribution is 0.793. The molecule has 2 aromatic rings. The zero-order valence-electron chi connectivity index (χ0n) is 13.6. The van der Waals surface area contributed by atoms with Crippen LogP contribution in [0.25, 0.3) is 0 Å². The number of aryl methyl sites for hydroxylation is 3. The summed E-state index contributed by atoms with van der Waals surface area (Å²) in [6.45, 7) is 8.50. The molecule has 112 valence electrons. The molecule has 1 N–H and O–H groups in total. The van der Waals surface area contributed by atoms with E-state index in [9.17, 15) is 0 Å². The van der Waals surface area contributed by atoms with Gasteiger partial charge in [0.2, 0.25) is 0 Å². The third-order valence-corrected chi connectivity index (χ3v) is 3.90. The fourth-order valence-electron chi connectivity index (χ4n) is 2.51. The van der Waals surface area contributed by atoms with Crippen LogP contribution >= 0.6 is 0 Å². The van der Waals surface area contributed by atoms with Crippen LogP contribution in [0.3, 0.4) is 0 Å². The molecule has 1 heterocycles. The lowest BCUT2D eigenvalue weighted by atomic mass is 10.0. The maximum absolute atomic E-state index is 4.51. The van der Waals surface area contributed by atoms with E-state index < -0.39 is 0 Å². The van der Waals surface area contributed by atoms with Gasteiger partial charge in [0.15, 0.2) is 0 Å². The van der Waals surface area contributed by atoms with Crippen LogP contribution < -0.4 is 5.32 Å². The van der Waals surface area contributed by atoms with Crippen molar-refractivity contribution in [2.45, 2.75) is 53.0 Å². The molecule has 2 rings (SSSR count). The lowest BCUT2D eigenvalue weighted by Crippen LogP contribution is -2.08. The van der Waals surface area contributed by atoms with Crippen LogP contribution in [0.4, 0.5) is 5.69 Å². The minimum Gasteiger partial charge on any atom is -0.377 e. The second kappa shape index (κ2) is 7.26. The maximum atomic E-state index is 4.51. The zero-order valence-corrected chi connectivity index (χ0v) is 13.6. The van der Waals surface area contributed by atoms with Gasteiger partial charge in [-0.25, -0.2) is 0 Å². The number of anilines is 1. The quantitative estimate of drug-likeness (QED) is 0.786. The Hall–Kier alpha value is -1.83. The molecule has 0 amide bonds. The van der Waals surface area contributed by atoms with Gasteiger partial charge < -0.3 is 5.32 Å². The second-order valence-corrected chi connectivity index (χ2v) is 5.80. The molecule has 0 saturated heterocycles. The van der Waals surface area contributed by atoms with Crippen molar-refractivity contribution in [3.05, 3.63) is 58.9 Å². The van der Waals surface area contributed by atoms with Crippen molar-refractivity contribution in [3.8, 4) is 0 Å². The topological polar surface area (TPSA) is 24.9 Å². The molecule has 0 aliphatic heterocycles. The first-order valence-corrected chi connectivity index (χ1v) is 7.89. The first-order chi connectivity index (χ1) is 10.1. The van der Waals surface area contributed by atoms with Gasteiger partial charge in [-0.2, -0.15) is 0 Å². The summed E-state index contributed by atoms with van der Waals surface area (Å²) < 4.78 is 0. The van der Waals surface area contributed by atoms with Crippen LogP contribution in [0.15, 0.2) is 36.4 Å². The summed E-state index contributed by atoms with van der Waals surface area (Å²) in [4.78, 5) is 4.51. The SMILES string of the molecule is CCCCc1ccc(C(C)Nc2ccc(C)nc2C)cc1. The number of hydrogen-bond acceptors (Lipinski definition) is 2. The van der Waals surface area contributed by atoms with E-state index in [1.165, 1.54) is 30.4 Å². The lowest BCUT2D eigenvalue weighted by Gasteiger charge is -2.17. The standard InChI is InChI=1S/C19H26N2/c1-5-6-7-17-9-11-18(12-10-17)15(3)21-19-13-8-14(2)20-16(19)4/h8-13,15,21H,5-7H2,1-4H3. The number of nitrogens with one attached hydrogen (secondary N) is 1. The summed E-state index contributed by atoms with van der Waals surface area (Å²) in [6.07, 6.45) is 3.69. The van der Waals surface area contributed by atoms with Crippen LogP contribution in [0.5, 0.6) is 0 Å². The third kappa shape index (κ3) is 4.32. The van der Waals surface area contributed by atoms with Crippen LogP contribution in [0.2, 0.25) is 0 Å². The molecule has 0 spiro atoms. The van der Waals surface area contributed by atoms with Gasteiger partial charge in [-0.3, -0.25) is 4.98 Å². The molecule has 0 fully saturated rings. The molecular weight excluding hydrogens is 256 g/mol. The van der Waals surface area contributed by atoms with Gasteiger partial charge in [0.25, 0.3) is 0 Å². The Kier molecular flexibility index (Phi) is 5.38. The summed E-state index contributed by atoms with van der Waals surface area (Å²) in [5, 5.41) is 3.55. The Labute approximate surface area is 128 Å². The van der Waals surface area contributed by atoms with E-state index in [-0.39, 0.29) is 6.04 Å². The van der Waals surface area contributed by atoms with E-state index >= 15 is 0 Å². The summed E-state index contributed by atoms with van der Waals surface area (Å²) >= 11 is 0. The van der Waals surface area contributed by atoms with Gasteiger partial charge in [-0.15, -0.1) is 0 Å². The predicted molar refractivity (Wildman–Crippen MR) is 90.8 cm³/mol. The van der Waals surface area contributed by atoms with Gasteiger partial charge in [0.1, 0.15) is 0 Å². The molecule has 0 saturated carbocycles. The normalized spacial score (nSPS) is 12.2. The Morgan fingerprint density at radius 2 is 1.76 bits per heavy atom. The molecular formula is C19H26N2. The summed E-state index contributed by atoms with van der Waals surface area (Å²) in [5.74, 6) is 0. The molecule has 1 aromatic carbocycles. The Bertz CT molecular complexity index is 573. The highest BCUT2D eigenvalue weighted by Crippen LogP contribution is 2.22. The predicted octanol–water partition coefficient (Wildman–Crippen LogP) is 5.21. The van der Waals surface area contributed by atoms with Crippen molar-refractivity contribution < 1.29 is 0 Å². The van der Waals surface area contributed by atoms with E-state index in [1.54, 1.807) is 0 Å². The summed E-state index contributed by atoms with van der Waals surface area (Å²) in [7, 11) is 0. The van der Waals surface area contributed by atoms with E-state index in [1.807, 2.05) is 6.92 Å². The monoisotopic (exact) mass is 282 g/mol. The average Bonchev–Trinajstić information content (AvgIpc) is 2.48. The number of hydrogen-bond donors (Lipinski definition) is 1. The fraction of sp³-hybridized carbons (Fsp3) is 0.421. The fourth-order valence-corrected chi connectivity index (χ4v) is 2.51. The highest BCUT2D eigenvalue weighted by Gasteiger charge is 2.07. The first-order valence-electron chi connectivity index (χ1n) is 7.89. The molecule has 2 heteroatoms. The number of rotatable bonds is 6. The number of unbranched alkanes of at least 4 members (excludes halogenated alkanes) is 1. The van der Waals surface area contributed by atoms with Crippen molar-refractivity contribution in [3.63, 3.8) is 0 Å². The van der Waals surface area contributed by atoms with Gasteiger partial charge >= 0.3 is 0 Å². The van der Waals surface area contributed by atoms with Crippen LogP contribution in [0.1, 0.15) is 55.2 Å². The van der Waals surface area contributed by atoms with Gasteiger partial charge in [0, 0.05) is 11.7 Å². The average molecular weight is 282 g/mol. The number of nitrogens with zero attached hydrogens (tertiary/aromatic N) is 1. The number of benzene rings is 1. The molecule has 0 aliphatic rings. The van der Waals surface area contributed by atoms with Crippen molar-refractivity contribution >= 4 is 5.69 Å². The molecule has 1 unspecified atom stereocenters. The minimum absolute atomic E-state index is 0.286. The molecule has 0 radical (unpaired) electrons. The van der Waals surface area contributed by atoms with E-state index in [0.717, 1.165) is 17.1 Å². The third-order valence-electron chi connectivity index (χ3n) is 3.90. The van der Waals surface area contributed by atoms with Crippen LogP contribution in [-0.2, 0) is 6.42 Å². The summed E-state index contributed by atoms with van der Waals surface area (Å²) in [5.41, 5.74) is 5.98.